The van der Waals surface area contributed by atoms with Gasteiger partial charge in [-0.15, -0.1) is 6.58 Å². The average molecular weight is 298 g/mol. The minimum Gasteiger partial charge on any atom is -0.480 e. The first-order valence-electron chi connectivity index (χ1n) is 5.38. The first-order chi connectivity index (χ1) is 9.33. The summed E-state index contributed by atoms with van der Waals surface area (Å²) in [5, 5.41) is 17.7. The van der Waals surface area contributed by atoms with E-state index >= 15 is 0 Å². The molecule has 0 aliphatic rings. The lowest BCUT2D eigenvalue weighted by Crippen LogP contribution is -2.40. The number of nitrogens with zero attached hydrogens (tertiary/aromatic N) is 1. The van der Waals surface area contributed by atoms with Crippen LogP contribution >= 0.6 is 0 Å². The number of sulfonamides is 1. The van der Waals surface area contributed by atoms with E-state index in [9.17, 15) is 17.6 Å². The highest BCUT2D eigenvalue weighted by atomic mass is 32.2. The van der Waals surface area contributed by atoms with Gasteiger partial charge in [-0.05, 0) is 18.6 Å². The average Bonchev–Trinajstić information content (AvgIpc) is 2.37. The number of carboxylic acid groups (broad SMARTS) is 1. The van der Waals surface area contributed by atoms with Crippen molar-refractivity contribution in [2.45, 2.75) is 17.4 Å². The third-order valence-corrected chi connectivity index (χ3v) is 3.89. The molecule has 1 aromatic rings. The number of rotatable bonds is 6. The van der Waals surface area contributed by atoms with Crippen LogP contribution in [0.2, 0.25) is 0 Å². The van der Waals surface area contributed by atoms with Crippen molar-refractivity contribution in [1.82, 2.24) is 4.72 Å². The molecule has 2 N–H and O–H groups in total. The van der Waals surface area contributed by atoms with Gasteiger partial charge in [-0.25, -0.2) is 12.8 Å². The second kappa shape index (κ2) is 6.27. The van der Waals surface area contributed by atoms with Crippen molar-refractivity contribution in [2.75, 3.05) is 0 Å². The molecule has 8 heteroatoms. The van der Waals surface area contributed by atoms with Crippen molar-refractivity contribution < 1.29 is 22.7 Å². The molecular weight excluding hydrogens is 287 g/mol. The summed E-state index contributed by atoms with van der Waals surface area (Å²) in [5.74, 6) is -2.39. The highest BCUT2D eigenvalue weighted by molar-refractivity contribution is 7.89. The lowest BCUT2D eigenvalue weighted by Gasteiger charge is -2.13. The van der Waals surface area contributed by atoms with Crippen LogP contribution in [0.15, 0.2) is 35.7 Å². The second-order valence-corrected chi connectivity index (χ2v) is 5.44. The largest absolute Gasteiger partial charge is 0.480 e. The van der Waals surface area contributed by atoms with Crippen LogP contribution in [-0.2, 0) is 14.8 Å². The third kappa shape index (κ3) is 3.40. The van der Waals surface area contributed by atoms with Gasteiger partial charge in [0, 0.05) is 0 Å². The Balaban J connectivity index is 3.25. The molecule has 20 heavy (non-hydrogen) atoms. The first kappa shape index (κ1) is 15.8. The number of nitriles is 1. The van der Waals surface area contributed by atoms with Crippen molar-refractivity contribution >= 4 is 16.0 Å². The van der Waals surface area contributed by atoms with Crippen molar-refractivity contribution in [2.24, 2.45) is 0 Å². The van der Waals surface area contributed by atoms with Gasteiger partial charge >= 0.3 is 5.97 Å². The number of hydrogen-bond acceptors (Lipinski definition) is 4. The third-order valence-electron chi connectivity index (χ3n) is 2.37. The zero-order valence-corrected chi connectivity index (χ0v) is 11.0. The van der Waals surface area contributed by atoms with E-state index in [0.29, 0.717) is 0 Å². The van der Waals surface area contributed by atoms with Crippen LogP contribution in [0.5, 0.6) is 0 Å². The summed E-state index contributed by atoms with van der Waals surface area (Å²) in [5.41, 5.74) is -0.664. The van der Waals surface area contributed by atoms with Crippen LogP contribution in [0.3, 0.4) is 0 Å². The quantitative estimate of drug-likeness (QED) is 0.762. The molecule has 0 saturated heterocycles. The Morgan fingerprint density at radius 2 is 2.25 bits per heavy atom. The van der Waals surface area contributed by atoms with E-state index in [1.54, 1.807) is 0 Å². The van der Waals surface area contributed by atoms with Gasteiger partial charge in [0.05, 0.1) is 0 Å². The van der Waals surface area contributed by atoms with Gasteiger partial charge in [0.25, 0.3) is 0 Å². The topological polar surface area (TPSA) is 107 Å². The van der Waals surface area contributed by atoms with Gasteiger partial charge in [0.2, 0.25) is 10.0 Å². The Labute approximate surface area is 115 Å². The summed E-state index contributed by atoms with van der Waals surface area (Å²) in [6, 6.07) is 3.09. The monoisotopic (exact) mass is 298 g/mol. The fourth-order valence-corrected chi connectivity index (χ4v) is 2.82. The fourth-order valence-electron chi connectivity index (χ4n) is 1.45. The van der Waals surface area contributed by atoms with Crippen LogP contribution < -0.4 is 4.72 Å². The molecule has 0 fully saturated rings. The molecule has 1 aromatic carbocycles. The van der Waals surface area contributed by atoms with E-state index in [-0.39, 0.29) is 6.42 Å². The lowest BCUT2D eigenvalue weighted by atomic mass is 10.2. The summed E-state index contributed by atoms with van der Waals surface area (Å²) in [6.07, 6.45) is 1.09. The molecule has 0 bridgehead atoms. The Kier molecular flexibility index (Phi) is 4.96. The van der Waals surface area contributed by atoms with Crippen molar-refractivity contribution in [1.29, 1.82) is 5.26 Å². The fraction of sp³-hybridized carbons (Fsp3) is 0.167. The van der Waals surface area contributed by atoms with Gasteiger partial charge in [-0.3, -0.25) is 4.79 Å². The smallest absolute Gasteiger partial charge is 0.322 e. The predicted octanol–water partition coefficient (Wildman–Crippen LogP) is 1.00. The van der Waals surface area contributed by atoms with Crippen LogP contribution in [0.25, 0.3) is 0 Å². The van der Waals surface area contributed by atoms with Crippen molar-refractivity contribution in [3.8, 4) is 6.07 Å². The van der Waals surface area contributed by atoms with Crippen LogP contribution in [-0.4, -0.2) is 25.5 Å². The molecule has 1 atom stereocenters. The van der Waals surface area contributed by atoms with Gasteiger partial charge in [0.1, 0.15) is 28.4 Å². The molecule has 0 heterocycles. The molecule has 0 aromatic heterocycles. The van der Waals surface area contributed by atoms with Crippen LogP contribution in [0.4, 0.5) is 4.39 Å². The molecular formula is C12H11FN2O4S. The Hall–Kier alpha value is -2.24. The van der Waals surface area contributed by atoms with E-state index < -0.39 is 38.3 Å². The minimum atomic E-state index is -4.33. The normalized spacial score (nSPS) is 12.4. The summed E-state index contributed by atoms with van der Waals surface area (Å²) >= 11 is 0. The molecule has 106 valence electrons. The van der Waals surface area contributed by atoms with E-state index in [1.165, 1.54) is 12.1 Å². The SMILES string of the molecule is C=CCC(NS(=O)(=O)c1cccc(F)c1C#N)C(=O)O. The molecule has 1 rings (SSSR count). The molecule has 0 aliphatic carbocycles. The van der Waals surface area contributed by atoms with E-state index in [0.717, 1.165) is 18.2 Å². The maximum atomic E-state index is 13.4. The maximum absolute atomic E-state index is 13.4. The van der Waals surface area contributed by atoms with Crippen molar-refractivity contribution in [3.05, 3.63) is 42.2 Å². The van der Waals surface area contributed by atoms with Gasteiger partial charge in [-0.1, -0.05) is 12.1 Å². The number of carbonyl (C=O) groups is 1. The Morgan fingerprint density at radius 3 is 2.75 bits per heavy atom. The summed E-state index contributed by atoms with van der Waals surface area (Å²) in [4.78, 5) is 10.3. The summed E-state index contributed by atoms with van der Waals surface area (Å²) in [6.45, 7) is 3.32. The zero-order valence-electron chi connectivity index (χ0n) is 10.2. The first-order valence-corrected chi connectivity index (χ1v) is 6.86. The standard InChI is InChI=1S/C12H11FN2O4S/c1-2-4-10(12(16)17)15-20(18,19)11-6-3-5-9(13)8(11)7-14/h2-3,5-6,10,15H,1,4H2,(H,16,17). The minimum absolute atomic E-state index is 0.147. The Bertz CT molecular complexity index is 679. The van der Waals surface area contributed by atoms with E-state index in [1.807, 2.05) is 4.72 Å². The van der Waals surface area contributed by atoms with Crippen LogP contribution in [0, 0.1) is 17.1 Å². The highest BCUT2D eigenvalue weighted by Gasteiger charge is 2.27. The summed E-state index contributed by atoms with van der Waals surface area (Å²) < 4.78 is 39.3. The second-order valence-electron chi connectivity index (χ2n) is 3.76. The number of halogens is 1. The number of aliphatic carboxylic acids is 1. The van der Waals surface area contributed by atoms with Gasteiger partial charge in [0.15, 0.2) is 0 Å². The number of hydrogen-bond donors (Lipinski definition) is 2. The molecule has 0 saturated carbocycles. The molecule has 0 spiro atoms. The summed E-state index contributed by atoms with van der Waals surface area (Å²) in [7, 11) is -4.33. The van der Waals surface area contributed by atoms with E-state index in [2.05, 4.69) is 6.58 Å². The van der Waals surface area contributed by atoms with E-state index in [4.69, 9.17) is 10.4 Å². The van der Waals surface area contributed by atoms with Crippen LogP contribution in [0.1, 0.15) is 12.0 Å². The number of carboxylic acids is 1. The van der Waals surface area contributed by atoms with Crippen molar-refractivity contribution in [3.63, 3.8) is 0 Å². The maximum Gasteiger partial charge on any atom is 0.322 e. The molecule has 6 nitrogen and oxygen atoms in total. The number of nitrogens with one attached hydrogen (secondary N) is 1. The number of benzene rings is 1. The van der Waals surface area contributed by atoms with Gasteiger partial charge < -0.3 is 5.11 Å². The molecule has 0 aliphatic heterocycles. The van der Waals surface area contributed by atoms with Gasteiger partial charge in [-0.2, -0.15) is 9.98 Å². The molecule has 0 amide bonds. The molecule has 1 unspecified atom stereocenters. The predicted molar refractivity (Wildman–Crippen MR) is 67.7 cm³/mol. The zero-order chi connectivity index (χ0) is 15.3. The Morgan fingerprint density at radius 1 is 1.60 bits per heavy atom. The highest BCUT2D eigenvalue weighted by Crippen LogP contribution is 2.18. The lowest BCUT2D eigenvalue weighted by molar-refractivity contribution is -0.138. The molecule has 0 radical (unpaired) electrons.